The quantitative estimate of drug-likeness (QED) is 0.643. The zero-order valence-corrected chi connectivity index (χ0v) is 12.2. The number of hydrogen-bond acceptors (Lipinski definition) is 2. The third-order valence-electron chi connectivity index (χ3n) is 2.86. The van der Waals surface area contributed by atoms with Crippen LogP contribution in [0.3, 0.4) is 0 Å². The summed E-state index contributed by atoms with van der Waals surface area (Å²) in [6.07, 6.45) is 1.58. The van der Waals surface area contributed by atoms with Crippen LogP contribution in [0.5, 0.6) is 0 Å². The number of aryl methyl sites for hydroxylation is 1. The summed E-state index contributed by atoms with van der Waals surface area (Å²) in [6, 6.07) is 14.9. The topological polar surface area (TPSA) is 29.1 Å². The van der Waals surface area contributed by atoms with Gasteiger partial charge in [0.05, 0.1) is 10.7 Å². The standard InChI is InChI=1S/C17H16ClNO/c1-12-8-9-15(18)16(10-12)19-13(2)11-17(20)14-6-4-3-5-7-14/h3-11,19H,1-2H3/b13-11+. The van der Waals surface area contributed by atoms with E-state index in [2.05, 4.69) is 5.32 Å². The first kappa shape index (κ1) is 14.4. The van der Waals surface area contributed by atoms with Crippen LogP contribution in [-0.4, -0.2) is 5.78 Å². The molecule has 0 heterocycles. The number of rotatable bonds is 4. The van der Waals surface area contributed by atoms with Crippen LogP contribution in [-0.2, 0) is 0 Å². The number of carbonyl (C=O) groups excluding carboxylic acids is 1. The number of benzene rings is 2. The summed E-state index contributed by atoms with van der Waals surface area (Å²) in [5.41, 5.74) is 3.34. The lowest BCUT2D eigenvalue weighted by molar-refractivity contribution is 0.104. The second-order valence-electron chi connectivity index (χ2n) is 4.67. The second-order valence-corrected chi connectivity index (χ2v) is 5.07. The minimum absolute atomic E-state index is 0.0284. The van der Waals surface area contributed by atoms with Crippen LogP contribution in [0.2, 0.25) is 5.02 Å². The Morgan fingerprint density at radius 1 is 1.15 bits per heavy atom. The van der Waals surface area contributed by atoms with E-state index >= 15 is 0 Å². The molecule has 0 aromatic heterocycles. The maximum absolute atomic E-state index is 12.0. The summed E-state index contributed by atoms with van der Waals surface area (Å²) < 4.78 is 0. The molecule has 2 aromatic rings. The molecule has 0 radical (unpaired) electrons. The Morgan fingerprint density at radius 3 is 2.55 bits per heavy atom. The SMILES string of the molecule is C/C(=C\C(=O)c1ccccc1)Nc1cc(C)ccc1Cl. The molecule has 0 saturated heterocycles. The molecular weight excluding hydrogens is 270 g/mol. The van der Waals surface area contributed by atoms with Gasteiger partial charge in [0.25, 0.3) is 0 Å². The van der Waals surface area contributed by atoms with Gasteiger partial charge in [0.15, 0.2) is 5.78 Å². The molecule has 0 atom stereocenters. The summed E-state index contributed by atoms with van der Waals surface area (Å²) in [7, 11) is 0. The van der Waals surface area contributed by atoms with Crippen LogP contribution in [0, 0.1) is 6.92 Å². The molecule has 0 aliphatic rings. The van der Waals surface area contributed by atoms with Crippen LogP contribution >= 0.6 is 11.6 Å². The van der Waals surface area contributed by atoms with Crippen molar-refractivity contribution < 1.29 is 4.79 Å². The van der Waals surface area contributed by atoms with Crippen molar-refractivity contribution >= 4 is 23.1 Å². The third-order valence-corrected chi connectivity index (χ3v) is 3.19. The molecule has 2 rings (SSSR count). The number of halogens is 1. The number of carbonyl (C=O) groups is 1. The molecule has 0 aliphatic carbocycles. The van der Waals surface area contributed by atoms with E-state index in [1.165, 1.54) is 0 Å². The number of hydrogen-bond donors (Lipinski definition) is 1. The molecule has 0 fully saturated rings. The number of anilines is 1. The van der Waals surface area contributed by atoms with Crippen LogP contribution in [0.4, 0.5) is 5.69 Å². The van der Waals surface area contributed by atoms with Crippen LogP contribution in [0.25, 0.3) is 0 Å². The lowest BCUT2D eigenvalue weighted by Gasteiger charge is -2.09. The lowest BCUT2D eigenvalue weighted by atomic mass is 10.1. The molecule has 0 bridgehead atoms. The normalized spacial score (nSPS) is 11.2. The van der Waals surface area contributed by atoms with E-state index in [1.807, 2.05) is 50.2 Å². The highest BCUT2D eigenvalue weighted by molar-refractivity contribution is 6.33. The van der Waals surface area contributed by atoms with Crippen molar-refractivity contribution in [1.29, 1.82) is 0 Å². The van der Waals surface area contributed by atoms with Gasteiger partial charge in [-0.1, -0.05) is 48.0 Å². The van der Waals surface area contributed by atoms with Gasteiger partial charge in [0.2, 0.25) is 0 Å². The van der Waals surface area contributed by atoms with Gasteiger partial charge in [-0.3, -0.25) is 4.79 Å². The predicted molar refractivity (Wildman–Crippen MR) is 84.3 cm³/mol. The van der Waals surface area contributed by atoms with Crippen molar-refractivity contribution in [3.63, 3.8) is 0 Å². The van der Waals surface area contributed by atoms with Gasteiger partial charge in [0, 0.05) is 17.3 Å². The Hall–Kier alpha value is -2.06. The fourth-order valence-corrected chi connectivity index (χ4v) is 2.03. The van der Waals surface area contributed by atoms with E-state index in [0.29, 0.717) is 10.6 Å². The minimum atomic E-state index is -0.0284. The van der Waals surface area contributed by atoms with Gasteiger partial charge in [-0.15, -0.1) is 0 Å². The van der Waals surface area contributed by atoms with Crippen molar-refractivity contribution in [2.45, 2.75) is 13.8 Å². The van der Waals surface area contributed by atoms with Crippen LogP contribution in [0.15, 0.2) is 60.3 Å². The summed E-state index contributed by atoms with van der Waals surface area (Å²) in [6.45, 7) is 3.84. The Balaban J connectivity index is 2.15. The van der Waals surface area contributed by atoms with E-state index in [-0.39, 0.29) is 5.78 Å². The third kappa shape index (κ3) is 3.72. The summed E-state index contributed by atoms with van der Waals surface area (Å²) in [5.74, 6) is -0.0284. The number of ketones is 1. The van der Waals surface area contributed by atoms with Gasteiger partial charge < -0.3 is 5.32 Å². The van der Waals surface area contributed by atoms with Crippen LogP contribution < -0.4 is 5.32 Å². The van der Waals surface area contributed by atoms with Gasteiger partial charge in [0.1, 0.15) is 0 Å². The largest absolute Gasteiger partial charge is 0.358 e. The molecule has 2 aromatic carbocycles. The first-order chi connectivity index (χ1) is 9.56. The molecule has 0 unspecified atom stereocenters. The Kier molecular flexibility index (Phi) is 4.59. The van der Waals surface area contributed by atoms with Crippen LogP contribution in [0.1, 0.15) is 22.8 Å². The van der Waals surface area contributed by atoms with Gasteiger partial charge in [-0.25, -0.2) is 0 Å². The zero-order chi connectivity index (χ0) is 14.5. The predicted octanol–water partition coefficient (Wildman–Crippen LogP) is 4.85. The van der Waals surface area contributed by atoms with E-state index in [1.54, 1.807) is 18.2 Å². The fraction of sp³-hybridized carbons (Fsp3) is 0.118. The van der Waals surface area contributed by atoms with Gasteiger partial charge >= 0.3 is 0 Å². The summed E-state index contributed by atoms with van der Waals surface area (Å²) in [5, 5.41) is 3.79. The average Bonchev–Trinajstić information content (AvgIpc) is 2.43. The molecule has 0 saturated carbocycles. The molecule has 0 amide bonds. The van der Waals surface area contributed by atoms with Crippen molar-refractivity contribution in [2.75, 3.05) is 5.32 Å². The highest BCUT2D eigenvalue weighted by Gasteiger charge is 2.04. The molecular formula is C17H16ClNO. The summed E-state index contributed by atoms with van der Waals surface area (Å²) >= 11 is 6.12. The Bertz CT molecular complexity index is 647. The van der Waals surface area contributed by atoms with Crippen molar-refractivity contribution in [2.24, 2.45) is 0 Å². The molecule has 20 heavy (non-hydrogen) atoms. The monoisotopic (exact) mass is 285 g/mol. The van der Waals surface area contributed by atoms with E-state index < -0.39 is 0 Å². The molecule has 3 heteroatoms. The summed E-state index contributed by atoms with van der Waals surface area (Å²) in [4.78, 5) is 12.0. The fourth-order valence-electron chi connectivity index (χ4n) is 1.87. The van der Waals surface area contributed by atoms with E-state index in [0.717, 1.165) is 16.9 Å². The lowest BCUT2D eigenvalue weighted by Crippen LogP contribution is -2.01. The maximum Gasteiger partial charge on any atom is 0.187 e. The van der Waals surface area contributed by atoms with Gasteiger partial charge in [-0.05, 0) is 31.5 Å². The molecule has 102 valence electrons. The Morgan fingerprint density at radius 2 is 1.85 bits per heavy atom. The first-order valence-electron chi connectivity index (χ1n) is 6.37. The highest BCUT2D eigenvalue weighted by atomic mass is 35.5. The average molecular weight is 286 g/mol. The minimum Gasteiger partial charge on any atom is -0.358 e. The zero-order valence-electron chi connectivity index (χ0n) is 11.5. The Labute approximate surface area is 124 Å². The van der Waals surface area contributed by atoms with Crippen molar-refractivity contribution in [3.8, 4) is 0 Å². The maximum atomic E-state index is 12.0. The smallest absolute Gasteiger partial charge is 0.187 e. The number of nitrogens with one attached hydrogen (secondary N) is 1. The first-order valence-corrected chi connectivity index (χ1v) is 6.75. The van der Waals surface area contributed by atoms with Crippen molar-refractivity contribution in [3.05, 3.63) is 76.5 Å². The number of allylic oxidation sites excluding steroid dienone is 2. The van der Waals surface area contributed by atoms with Gasteiger partial charge in [-0.2, -0.15) is 0 Å². The molecule has 2 nitrogen and oxygen atoms in total. The highest BCUT2D eigenvalue weighted by Crippen LogP contribution is 2.24. The van der Waals surface area contributed by atoms with Crippen molar-refractivity contribution in [1.82, 2.24) is 0 Å². The molecule has 1 N–H and O–H groups in total. The second kappa shape index (κ2) is 6.40. The molecule has 0 spiro atoms. The van der Waals surface area contributed by atoms with E-state index in [4.69, 9.17) is 11.6 Å². The van der Waals surface area contributed by atoms with E-state index in [9.17, 15) is 4.79 Å². The molecule has 0 aliphatic heterocycles.